The highest BCUT2D eigenvalue weighted by Crippen LogP contribution is 2.26. The molecule has 0 radical (unpaired) electrons. The Balaban J connectivity index is 1.42. The van der Waals surface area contributed by atoms with Crippen molar-refractivity contribution in [3.8, 4) is 0 Å². The molecular formula is C20H30N2O3S. The maximum absolute atomic E-state index is 12.2. The van der Waals surface area contributed by atoms with Gasteiger partial charge in [-0.2, -0.15) is 0 Å². The van der Waals surface area contributed by atoms with Crippen LogP contribution in [0.5, 0.6) is 0 Å². The Morgan fingerprint density at radius 1 is 0.923 bits per heavy atom. The summed E-state index contributed by atoms with van der Waals surface area (Å²) in [4.78, 5) is 12.1. The quantitative estimate of drug-likeness (QED) is 0.717. The first-order valence-corrected chi connectivity index (χ1v) is 11.6. The van der Waals surface area contributed by atoms with Crippen LogP contribution in [0.1, 0.15) is 57.8 Å². The van der Waals surface area contributed by atoms with Crippen molar-refractivity contribution in [1.29, 1.82) is 0 Å². The van der Waals surface area contributed by atoms with Gasteiger partial charge in [-0.25, -0.2) is 8.42 Å². The molecule has 6 heteroatoms. The molecule has 144 valence electrons. The van der Waals surface area contributed by atoms with E-state index in [2.05, 4.69) is 10.6 Å². The van der Waals surface area contributed by atoms with Gasteiger partial charge in [0, 0.05) is 24.3 Å². The lowest BCUT2D eigenvalue weighted by atomic mass is 10.1. The SMILES string of the molecule is O=C(CCS(=O)(=O)C1CCCC1)Nc1ccc(NCC2CCCC2)cc1. The van der Waals surface area contributed by atoms with Gasteiger partial charge in [0.05, 0.1) is 11.0 Å². The molecule has 0 aliphatic heterocycles. The van der Waals surface area contributed by atoms with E-state index < -0.39 is 9.84 Å². The van der Waals surface area contributed by atoms with Gasteiger partial charge in [0.2, 0.25) is 5.91 Å². The Labute approximate surface area is 156 Å². The van der Waals surface area contributed by atoms with Gasteiger partial charge in [-0.3, -0.25) is 4.79 Å². The molecule has 2 fully saturated rings. The lowest BCUT2D eigenvalue weighted by Crippen LogP contribution is -2.24. The summed E-state index contributed by atoms with van der Waals surface area (Å²) in [5.74, 6) is 0.485. The fraction of sp³-hybridized carbons (Fsp3) is 0.650. The molecule has 2 aliphatic rings. The Morgan fingerprint density at radius 2 is 1.50 bits per heavy atom. The van der Waals surface area contributed by atoms with Crippen LogP contribution in [0.2, 0.25) is 0 Å². The molecule has 0 bridgehead atoms. The molecular weight excluding hydrogens is 348 g/mol. The summed E-state index contributed by atoms with van der Waals surface area (Å²) in [5, 5.41) is 6.01. The molecule has 2 N–H and O–H groups in total. The molecule has 0 unspecified atom stereocenters. The van der Waals surface area contributed by atoms with Crippen molar-refractivity contribution in [1.82, 2.24) is 0 Å². The fourth-order valence-corrected chi connectivity index (χ4v) is 5.88. The Bertz CT molecular complexity index is 688. The third kappa shape index (κ3) is 5.47. The van der Waals surface area contributed by atoms with E-state index in [0.717, 1.165) is 43.8 Å². The highest BCUT2D eigenvalue weighted by Gasteiger charge is 2.28. The van der Waals surface area contributed by atoms with E-state index in [1.165, 1.54) is 25.7 Å². The number of anilines is 2. The van der Waals surface area contributed by atoms with Crippen LogP contribution in [0, 0.1) is 5.92 Å². The number of hydrogen-bond donors (Lipinski definition) is 2. The van der Waals surface area contributed by atoms with E-state index in [9.17, 15) is 13.2 Å². The molecule has 0 spiro atoms. The van der Waals surface area contributed by atoms with Gasteiger partial charge in [-0.1, -0.05) is 25.7 Å². The van der Waals surface area contributed by atoms with Gasteiger partial charge >= 0.3 is 0 Å². The summed E-state index contributed by atoms with van der Waals surface area (Å²) in [5.41, 5.74) is 1.76. The molecule has 0 aromatic heterocycles. The minimum atomic E-state index is -3.14. The number of carbonyl (C=O) groups excluding carboxylic acids is 1. The lowest BCUT2D eigenvalue weighted by Gasteiger charge is -2.13. The maximum Gasteiger partial charge on any atom is 0.225 e. The summed E-state index contributed by atoms with van der Waals surface area (Å²) in [6.45, 7) is 1.00. The van der Waals surface area contributed by atoms with E-state index in [4.69, 9.17) is 0 Å². The summed E-state index contributed by atoms with van der Waals surface area (Å²) in [6, 6.07) is 7.64. The Morgan fingerprint density at radius 3 is 2.15 bits per heavy atom. The lowest BCUT2D eigenvalue weighted by molar-refractivity contribution is -0.115. The van der Waals surface area contributed by atoms with Crippen molar-refractivity contribution < 1.29 is 13.2 Å². The second kappa shape index (κ2) is 8.89. The number of benzene rings is 1. The molecule has 1 aromatic rings. The molecule has 0 atom stereocenters. The standard InChI is InChI=1S/C20H30N2O3S/c23-20(13-14-26(24,25)19-7-3-4-8-19)22-18-11-9-17(10-12-18)21-15-16-5-1-2-6-16/h9-12,16,19,21H,1-8,13-15H2,(H,22,23). The minimum absolute atomic E-state index is 0.0283. The largest absolute Gasteiger partial charge is 0.385 e. The van der Waals surface area contributed by atoms with Crippen molar-refractivity contribution in [3.05, 3.63) is 24.3 Å². The van der Waals surface area contributed by atoms with Crippen LogP contribution < -0.4 is 10.6 Å². The van der Waals surface area contributed by atoms with Crippen molar-refractivity contribution in [2.24, 2.45) is 5.92 Å². The molecule has 1 aromatic carbocycles. The van der Waals surface area contributed by atoms with E-state index >= 15 is 0 Å². The normalized spacial score (nSPS) is 18.9. The average Bonchev–Trinajstić information content (AvgIpc) is 3.33. The van der Waals surface area contributed by atoms with Crippen molar-refractivity contribution >= 4 is 27.1 Å². The molecule has 5 nitrogen and oxygen atoms in total. The van der Waals surface area contributed by atoms with E-state index in [1.54, 1.807) is 0 Å². The minimum Gasteiger partial charge on any atom is -0.385 e. The second-order valence-corrected chi connectivity index (χ2v) is 10.1. The summed E-state index contributed by atoms with van der Waals surface area (Å²) < 4.78 is 24.5. The summed E-state index contributed by atoms with van der Waals surface area (Å²) in [7, 11) is -3.14. The third-order valence-electron chi connectivity index (χ3n) is 5.66. The maximum atomic E-state index is 12.2. The molecule has 0 saturated heterocycles. The number of amides is 1. The number of rotatable bonds is 8. The van der Waals surface area contributed by atoms with Gasteiger partial charge in [-0.15, -0.1) is 0 Å². The smallest absolute Gasteiger partial charge is 0.225 e. The van der Waals surface area contributed by atoms with Gasteiger partial charge in [0.15, 0.2) is 9.84 Å². The fourth-order valence-electron chi connectivity index (χ4n) is 4.02. The predicted octanol–water partition coefficient (Wildman–Crippen LogP) is 3.97. The van der Waals surface area contributed by atoms with E-state index in [1.807, 2.05) is 24.3 Å². The van der Waals surface area contributed by atoms with Crippen LogP contribution in [0.4, 0.5) is 11.4 Å². The third-order valence-corrected chi connectivity index (χ3v) is 7.92. The zero-order chi connectivity index (χ0) is 18.4. The van der Waals surface area contributed by atoms with E-state index in [0.29, 0.717) is 5.69 Å². The zero-order valence-corrected chi connectivity index (χ0v) is 16.2. The van der Waals surface area contributed by atoms with Crippen LogP contribution in [-0.4, -0.2) is 31.9 Å². The van der Waals surface area contributed by atoms with Crippen molar-refractivity contribution in [3.63, 3.8) is 0 Å². The van der Waals surface area contributed by atoms with Crippen LogP contribution in [0.3, 0.4) is 0 Å². The van der Waals surface area contributed by atoms with Crippen LogP contribution >= 0.6 is 0 Å². The van der Waals surface area contributed by atoms with Gasteiger partial charge in [0.1, 0.15) is 0 Å². The molecule has 0 heterocycles. The topological polar surface area (TPSA) is 75.3 Å². The number of nitrogens with one attached hydrogen (secondary N) is 2. The summed E-state index contributed by atoms with van der Waals surface area (Å²) in [6.07, 6.45) is 8.80. The van der Waals surface area contributed by atoms with Crippen molar-refractivity contribution in [2.75, 3.05) is 22.9 Å². The Hall–Kier alpha value is -1.56. The second-order valence-electron chi connectivity index (χ2n) is 7.68. The first kappa shape index (κ1) is 19.2. The van der Waals surface area contributed by atoms with E-state index in [-0.39, 0.29) is 23.3 Å². The van der Waals surface area contributed by atoms with Crippen molar-refractivity contribution in [2.45, 2.75) is 63.0 Å². The first-order valence-electron chi connectivity index (χ1n) is 9.88. The van der Waals surface area contributed by atoms with Crippen LogP contribution in [0.25, 0.3) is 0 Å². The number of carbonyl (C=O) groups is 1. The highest BCUT2D eigenvalue weighted by molar-refractivity contribution is 7.92. The highest BCUT2D eigenvalue weighted by atomic mass is 32.2. The van der Waals surface area contributed by atoms with Gasteiger partial charge in [0.25, 0.3) is 0 Å². The zero-order valence-electron chi connectivity index (χ0n) is 15.4. The Kier molecular flexibility index (Phi) is 6.57. The van der Waals surface area contributed by atoms with Crippen LogP contribution in [-0.2, 0) is 14.6 Å². The molecule has 2 aliphatic carbocycles. The number of hydrogen-bond acceptors (Lipinski definition) is 4. The monoisotopic (exact) mass is 378 g/mol. The average molecular weight is 379 g/mol. The number of sulfone groups is 1. The summed E-state index contributed by atoms with van der Waals surface area (Å²) >= 11 is 0. The molecule has 26 heavy (non-hydrogen) atoms. The molecule has 2 saturated carbocycles. The van der Waals surface area contributed by atoms with Crippen LogP contribution in [0.15, 0.2) is 24.3 Å². The molecule has 3 rings (SSSR count). The first-order chi connectivity index (χ1) is 12.5. The van der Waals surface area contributed by atoms with Gasteiger partial charge < -0.3 is 10.6 Å². The van der Waals surface area contributed by atoms with Gasteiger partial charge in [-0.05, 0) is 55.9 Å². The predicted molar refractivity (Wildman–Crippen MR) is 106 cm³/mol. The molecule has 1 amide bonds.